The van der Waals surface area contributed by atoms with E-state index in [9.17, 15) is 9.59 Å². The molecule has 1 amide bonds. The van der Waals surface area contributed by atoms with E-state index >= 15 is 0 Å². The number of rotatable bonds is 6. The van der Waals surface area contributed by atoms with Gasteiger partial charge in [-0.05, 0) is 40.7 Å². The molecule has 0 saturated carbocycles. The zero-order valence-electron chi connectivity index (χ0n) is 12.8. The first-order chi connectivity index (χ1) is 9.29. The van der Waals surface area contributed by atoms with E-state index < -0.39 is 12.1 Å². The Balaban J connectivity index is 2.40. The van der Waals surface area contributed by atoms with Crippen LogP contribution >= 0.6 is 0 Å². The van der Waals surface area contributed by atoms with Crippen molar-refractivity contribution in [3.63, 3.8) is 0 Å². The average molecular weight is 281 g/mol. The van der Waals surface area contributed by atoms with Crippen LogP contribution in [-0.2, 0) is 20.9 Å². The quantitative estimate of drug-likeness (QED) is 0.799. The number of hydrogen-bond donors (Lipinski definition) is 1. The van der Waals surface area contributed by atoms with Crippen molar-refractivity contribution >= 4 is 11.9 Å². The second-order valence-electron chi connectivity index (χ2n) is 5.20. The molecule has 1 heterocycles. The van der Waals surface area contributed by atoms with Gasteiger partial charge in [0.15, 0.2) is 6.10 Å². The van der Waals surface area contributed by atoms with Gasteiger partial charge in [0.25, 0.3) is 5.91 Å². The molecule has 0 aromatic carbocycles. The first-order valence-corrected chi connectivity index (χ1v) is 6.80. The van der Waals surface area contributed by atoms with Crippen LogP contribution in [0.25, 0.3) is 0 Å². The van der Waals surface area contributed by atoms with E-state index in [0.717, 1.165) is 11.4 Å². The molecule has 0 spiro atoms. The van der Waals surface area contributed by atoms with Crippen LogP contribution in [0.5, 0.6) is 0 Å². The second kappa shape index (κ2) is 7.07. The lowest BCUT2D eigenvalue weighted by Gasteiger charge is -2.15. The summed E-state index contributed by atoms with van der Waals surface area (Å²) in [5, 5.41) is 6.97. The van der Waals surface area contributed by atoms with Crippen LogP contribution < -0.4 is 5.32 Å². The van der Waals surface area contributed by atoms with Gasteiger partial charge in [-0.2, -0.15) is 5.10 Å². The Bertz CT molecular complexity index is 480. The topological polar surface area (TPSA) is 73.2 Å². The predicted octanol–water partition coefficient (Wildman–Crippen LogP) is 1.35. The van der Waals surface area contributed by atoms with Crippen LogP contribution in [-0.4, -0.2) is 33.8 Å². The Morgan fingerprint density at radius 2 is 2.00 bits per heavy atom. The van der Waals surface area contributed by atoms with Gasteiger partial charge in [0.1, 0.15) is 0 Å². The Morgan fingerprint density at radius 3 is 2.50 bits per heavy atom. The van der Waals surface area contributed by atoms with Gasteiger partial charge in [0, 0.05) is 11.7 Å². The highest BCUT2D eigenvalue weighted by atomic mass is 16.5. The molecular weight excluding hydrogens is 258 g/mol. The monoisotopic (exact) mass is 281 g/mol. The Morgan fingerprint density at radius 1 is 1.35 bits per heavy atom. The van der Waals surface area contributed by atoms with E-state index in [1.54, 1.807) is 11.6 Å². The smallest absolute Gasteiger partial charge is 0.308 e. The first-order valence-electron chi connectivity index (χ1n) is 6.80. The highest BCUT2D eigenvalue weighted by Crippen LogP contribution is 2.04. The fourth-order valence-corrected chi connectivity index (χ4v) is 1.81. The molecule has 1 unspecified atom stereocenters. The summed E-state index contributed by atoms with van der Waals surface area (Å²) in [4.78, 5) is 23.3. The maximum atomic E-state index is 11.7. The molecule has 0 aliphatic heterocycles. The minimum Gasteiger partial charge on any atom is -0.452 e. The number of aromatic nitrogens is 2. The highest BCUT2D eigenvalue weighted by molar-refractivity contribution is 5.83. The molecule has 0 fully saturated rings. The number of amides is 1. The Kier molecular flexibility index (Phi) is 5.73. The molecule has 1 atom stereocenters. The summed E-state index contributed by atoms with van der Waals surface area (Å²) < 4.78 is 6.85. The third-order valence-corrected chi connectivity index (χ3v) is 2.74. The van der Waals surface area contributed by atoms with Gasteiger partial charge in [0.05, 0.1) is 18.7 Å². The van der Waals surface area contributed by atoms with Crippen molar-refractivity contribution in [3.8, 4) is 0 Å². The number of nitrogens with zero attached hydrogens (tertiary/aromatic N) is 2. The van der Waals surface area contributed by atoms with Gasteiger partial charge < -0.3 is 10.1 Å². The number of hydrogen-bond acceptors (Lipinski definition) is 4. The lowest BCUT2D eigenvalue weighted by molar-refractivity contribution is -0.155. The maximum absolute atomic E-state index is 11.7. The number of carbonyl (C=O) groups excluding carboxylic acids is 2. The van der Waals surface area contributed by atoms with Crippen molar-refractivity contribution in [1.82, 2.24) is 15.1 Å². The minimum atomic E-state index is -0.773. The summed E-state index contributed by atoms with van der Waals surface area (Å²) in [6.07, 6.45) is -0.577. The summed E-state index contributed by atoms with van der Waals surface area (Å²) in [6.45, 7) is 9.57. The van der Waals surface area contributed by atoms with Crippen LogP contribution in [0.1, 0.15) is 38.6 Å². The molecule has 0 radical (unpaired) electrons. The average Bonchev–Trinajstić information content (AvgIpc) is 2.64. The molecule has 0 aliphatic rings. The largest absolute Gasteiger partial charge is 0.452 e. The molecule has 1 aromatic heterocycles. The summed E-state index contributed by atoms with van der Waals surface area (Å²) in [5.74, 6) is -0.677. The van der Waals surface area contributed by atoms with E-state index in [0.29, 0.717) is 6.54 Å². The van der Waals surface area contributed by atoms with Crippen molar-refractivity contribution in [3.05, 3.63) is 17.5 Å². The fourth-order valence-electron chi connectivity index (χ4n) is 1.81. The van der Waals surface area contributed by atoms with Crippen molar-refractivity contribution < 1.29 is 14.3 Å². The molecule has 0 aliphatic carbocycles. The molecule has 6 nitrogen and oxygen atoms in total. The van der Waals surface area contributed by atoms with Gasteiger partial charge in [-0.15, -0.1) is 0 Å². The number of aryl methyl sites for hydroxylation is 3. The molecule has 6 heteroatoms. The lowest BCUT2D eigenvalue weighted by Crippen LogP contribution is -2.39. The third kappa shape index (κ3) is 5.03. The third-order valence-electron chi connectivity index (χ3n) is 2.74. The molecule has 0 saturated heterocycles. The SMILES string of the molecule is Cc1cc(C)n(CCC(=O)OC(C)C(=O)NC(C)C)n1. The van der Waals surface area contributed by atoms with E-state index in [1.807, 2.05) is 33.8 Å². The number of nitrogens with one attached hydrogen (secondary N) is 1. The normalized spacial score (nSPS) is 12.3. The van der Waals surface area contributed by atoms with E-state index in [1.165, 1.54) is 0 Å². The summed E-state index contributed by atoms with van der Waals surface area (Å²) >= 11 is 0. The minimum absolute atomic E-state index is 0.0263. The molecular formula is C14H23N3O3. The van der Waals surface area contributed by atoms with Crippen molar-refractivity contribution in [2.45, 2.75) is 59.7 Å². The lowest BCUT2D eigenvalue weighted by atomic mass is 10.3. The van der Waals surface area contributed by atoms with Gasteiger partial charge in [-0.3, -0.25) is 14.3 Å². The highest BCUT2D eigenvalue weighted by Gasteiger charge is 2.18. The molecule has 20 heavy (non-hydrogen) atoms. The van der Waals surface area contributed by atoms with E-state index in [2.05, 4.69) is 10.4 Å². The molecule has 1 aromatic rings. The maximum Gasteiger partial charge on any atom is 0.308 e. The van der Waals surface area contributed by atoms with Gasteiger partial charge >= 0.3 is 5.97 Å². The zero-order valence-corrected chi connectivity index (χ0v) is 12.8. The van der Waals surface area contributed by atoms with Gasteiger partial charge in [-0.25, -0.2) is 0 Å². The molecule has 1 N–H and O–H groups in total. The van der Waals surface area contributed by atoms with E-state index in [4.69, 9.17) is 4.74 Å². The summed E-state index contributed by atoms with van der Waals surface area (Å²) in [5.41, 5.74) is 1.92. The van der Waals surface area contributed by atoms with Gasteiger partial charge in [-0.1, -0.05) is 0 Å². The second-order valence-corrected chi connectivity index (χ2v) is 5.20. The number of carbonyl (C=O) groups is 2. The van der Waals surface area contributed by atoms with Crippen LogP contribution in [0.15, 0.2) is 6.07 Å². The summed E-state index contributed by atoms with van der Waals surface area (Å²) in [6, 6.07) is 1.97. The van der Waals surface area contributed by atoms with Crippen LogP contribution in [0.2, 0.25) is 0 Å². The number of ether oxygens (including phenoxy) is 1. The number of esters is 1. The van der Waals surface area contributed by atoms with Crippen molar-refractivity contribution in [1.29, 1.82) is 0 Å². The van der Waals surface area contributed by atoms with Crippen molar-refractivity contribution in [2.24, 2.45) is 0 Å². The summed E-state index contributed by atoms with van der Waals surface area (Å²) in [7, 11) is 0. The van der Waals surface area contributed by atoms with Crippen LogP contribution in [0.4, 0.5) is 0 Å². The Labute approximate surface area is 119 Å². The van der Waals surface area contributed by atoms with Crippen molar-refractivity contribution in [2.75, 3.05) is 0 Å². The van der Waals surface area contributed by atoms with Crippen LogP contribution in [0.3, 0.4) is 0 Å². The van der Waals surface area contributed by atoms with E-state index in [-0.39, 0.29) is 18.4 Å². The van der Waals surface area contributed by atoms with Crippen LogP contribution in [0, 0.1) is 13.8 Å². The predicted molar refractivity (Wildman–Crippen MR) is 75.2 cm³/mol. The molecule has 112 valence electrons. The zero-order chi connectivity index (χ0) is 15.3. The fraction of sp³-hybridized carbons (Fsp3) is 0.643. The first kappa shape index (κ1) is 16.2. The Hall–Kier alpha value is -1.85. The standard InChI is InChI=1S/C14H23N3O3/c1-9(2)15-14(19)12(5)20-13(18)6-7-17-11(4)8-10(3)16-17/h8-9,12H,6-7H2,1-5H3,(H,15,19). The van der Waals surface area contributed by atoms with Gasteiger partial charge in [0.2, 0.25) is 0 Å². The molecule has 0 bridgehead atoms. The molecule has 1 rings (SSSR count).